The molecular weight excluding hydrogens is 160 g/mol. The van der Waals surface area contributed by atoms with Crippen molar-refractivity contribution in [2.45, 2.75) is 25.6 Å². The number of hydrogen-bond acceptors (Lipinski definition) is 4. The molecule has 0 radical (unpaired) electrons. The fraction of sp³-hybridized carbons (Fsp3) is 1.00. The maximum absolute atomic E-state index is 8.29. The first-order valence-electron chi connectivity index (χ1n) is 4.35. The van der Waals surface area contributed by atoms with Gasteiger partial charge in [0.2, 0.25) is 0 Å². The lowest BCUT2D eigenvalue weighted by Gasteiger charge is -2.22. The molecule has 12 heavy (non-hydrogen) atoms. The van der Waals surface area contributed by atoms with Crippen molar-refractivity contribution in [3.8, 4) is 0 Å². The van der Waals surface area contributed by atoms with E-state index in [4.69, 9.17) is 19.3 Å². The van der Waals surface area contributed by atoms with Crippen LogP contribution in [0.2, 0.25) is 0 Å². The van der Waals surface area contributed by atoms with E-state index in [1.54, 1.807) is 0 Å². The minimum Gasteiger partial charge on any atom is -0.371 e. The maximum atomic E-state index is 8.29. The van der Waals surface area contributed by atoms with Gasteiger partial charge in [-0.1, -0.05) is 0 Å². The predicted molar refractivity (Wildman–Crippen MR) is 42.6 cm³/mol. The summed E-state index contributed by atoms with van der Waals surface area (Å²) in [6.07, 6.45) is 3.22. The summed E-state index contributed by atoms with van der Waals surface area (Å²) in [6.45, 7) is 1.47. The molecule has 0 aromatic carbocycles. The number of aliphatic hydroxyl groups is 1. The first kappa shape index (κ1) is 9.92. The van der Waals surface area contributed by atoms with Crippen LogP contribution in [0.3, 0.4) is 0 Å². The zero-order valence-electron chi connectivity index (χ0n) is 7.20. The van der Waals surface area contributed by atoms with Crippen LogP contribution in [0.25, 0.3) is 0 Å². The first-order valence-corrected chi connectivity index (χ1v) is 4.35. The average Bonchev–Trinajstić information content (AvgIpc) is 2.14. The fourth-order valence-electron chi connectivity index (χ4n) is 1.15. The summed E-state index contributed by atoms with van der Waals surface area (Å²) >= 11 is 0. The van der Waals surface area contributed by atoms with E-state index in [1.807, 2.05) is 0 Å². The van der Waals surface area contributed by atoms with Crippen molar-refractivity contribution in [3.63, 3.8) is 0 Å². The third-order valence-electron chi connectivity index (χ3n) is 1.76. The highest BCUT2D eigenvalue weighted by Gasteiger charge is 2.13. The third kappa shape index (κ3) is 4.01. The molecule has 72 valence electrons. The standard InChI is InChI=1S/C8H16O4/c9-7-10-5-6-12-8-3-1-2-4-11-8/h8-9H,1-7H2. The lowest BCUT2D eigenvalue weighted by Crippen LogP contribution is -2.23. The molecular formula is C8H16O4. The van der Waals surface area contributed by atoms with Crippen LogP contribution in [0.5, 0.6) is 0 Å². The van der Waals surface area contributed by atoms with Crippen molar-refractivity contribution in [2.24, 2.45) is 0 Å². The highest BCUT2D eigenvalue weighted by Crippen LogP contribution is 2.13. The van der Waals surface area contributed by atoms with Gasteiger partial charge >= 0.3 is 0 Å². The van der Waals surface area contributed by atoms with Crippen LogP contribution in [0.15, 0.2) is 0 Å². The summed E-state index contributed by atoms with van der Waals surface area (Å²) in [7, 11) is 0. The third-order valence-corrected chi connectivity index (χ3v) is 1.76. The molecule has 0 aromatic heterocycles. The smallest absolute Gasteiger partial charge is 0.157 e. The Morgan fingerprint density at radius 3 is 2.92 bits per heavy atom. The van der Waals surface area contributed by atoms with Gasteiger partial charge < -0.3 is 19.3 Å². The van der Waals surface area contributed by atoms with Crippen molar-refractivity contribution in [3.05, 3.63) is 0 Å². The van der Waals surface area contributed by atoms with Crippen LogP contribution in [0, 0.1) is 0 Å². The van der Waals surface area contributed by atoms with E-state index in [-0.39, 0.29) is 13.1 Å². The van der Waals surface area contributed by atoms with Gasteiger partial charge in [0, 0.05) is 6.61 Å². The molecule has 0 aliphatic carbocycles. The monoisotopic (exact) mass is 176 g/mol. The molecule has 4 nitrogen and oxygen atoms in total. The van der Waals surface area contributed by atoms with Gasteiger partial charge in [0.05, 0.1) is 13.2 Å². The summed E-state index contributed by atoms with van der Waals surface area (Å²) in [5, 5.41) is 8.29. The lowest BCUT2D eigenvalue weighted by atomic mass is 10.2. The zero-order valence-corrected chi connectivity index (χ0v) is 7.20. The topological polar surface area (TPSA) is 47.9 Å². The van der Waals surface area contributed by atoms with Crippen LogP contribution >= 0.6 is 0 Å². The first-order chi connectivity index (χ1) is 5.93. The fourth-order valence-corrected chi connectivity index (χ4v) is 1.15. The largest absolute Gasteiger partial charge is 0.371 e. The van der Waals surface area contributed by atoms with Gasteiger partial charge in [0.1, 0.15) is 6.79 Å². The summed E-state index contributed by atoms with van der Waals surface area (Å²) in [5.41, 5.74) is 0. The minimum absolute atomic E-state index is 0.0546. The van der Waals surface area contributed by atoms with Crippen molar-refractivity contribution >= 4 is 0 Å². The van der Waals surface area contributed by atoms with Gasteiger partial charge in [-0.15, -0.1) is 0 Å². The number of ether oxygens (including phenoxy) is 3. The molecule has 4 heteroatoms. The second-order valence-corrected chi connectivity index (χ2v) is 2.70. The maximum Gasteiger partial charge on any atom is 0.157 e. The number of rotatable bonds is 5. The molecule has 1 aliphatic heterocycles. The molecule has 0 bridgehead atoms. The van der Waals surface area contributed by atoms with Crippen molar-refractivity contribution in [1.82, 2.24) is 0 Å². The summed E-state index contributed by atoms with van der Waals surface area (Å²) in [4.78, 5) is 0. The number of aliphatic hydroxyl groups excluding tert-OH is 1. The molecule has 0 spiro atoms. The van der Waals surface area contributed by atoms with E-state index in [0.717, 1.165) is 19.4 Å². The van der Waals surface area contributed by atoms with Crippen molar-refractivity contribution < 1.29 is 19.3 Å². The molecule has 1 atom stereocenters. The highest BCUT2D eigenvalue weighted by atomic mass is 16.7. The molecule has 1 unspecified atom stereocenters. The van der Waals surface area contributed by atoms with Crippen LogP contribution in [-0.4, -0.2) is 38.0 Å². The average molecular weight is 176 g/mol. The van der Waals surface area contributed by atoms with Gasteiger partial charge in [0.25, 0.3) is 0 Å². The molecule has 1 heterocycles. The van der Waals surface area contributed by atoms with Gasteiger partial charge in [-0.25, -0.2) is 0 Å². The molecule has 0 aromatic rings. The second-order valence-electron chi connectivity index (χ2n) is 2.70. The zero-order chi connectivity index (χ0) is 8.65. The summed E-state index contributed by atoms with van der Waals surface area (Å²) < 4.78 is 15.3. The molecule has 1 rings (SSSR count). The molecule has 0 amide bonds. The van der Waals surface area contributed by atoms with E-state index < -0.39 is 0 Å². The SMILES string of the molecule is OCOCCOC1CCCCO1. The van der Waals surface area contributed by atoms with Gasteiger partial charge in [-0.3, -0.25) is 0 Å². The Morgan fingerprint density at radius 2 is 2.25 bits per heavy atom. The van der Waals surface area contributed by atoms with Crippen LogP contribution in [-0.2, 0) is 14.2 Å². The molecule has 1 fully saturated rings. The van der Waals surface area contributed by atoms with Crippen molar-refractivity contribution in [2.75, 3.05) is 26.6 Å². The quantitative estimate of drug-likeness (QED) is 0.489. The Kier molecular flexibility index (Phi) is 5.27. The van der Waals surface area contributed by atoms with Crippen LogP contribution in [0.4, 0.5) is 0 Å². The Hall–Kier alpha value is -0.160. The predicted octanol–water partition coefficient (Wildman–Crippen LogP) is 0.496. The van der Waals surface area contributed by atoms with Crippen LogP contribution in [0.1, 0.15) is 19.3 Å². The molecule has 1 saturated heterocycles. The van der Waals surface area contributed by atoms with E-state index in [1.165, 1.54) is 6.42 Å². The molecule has 1 aliphatic rings. The minimum atomic E-state index is -0.241. The lowest BCUT2D eigenvalue weighted by molar-refractivity contribution is -0.172. The van der Waals surface area contributed by atoms with Crippen molar-refractivity contribution in [1.29, 1.82) is 0 Å². The Balaban J connectivity index is 1.91. The van der Waals surface area contributed by atoms with E-state index in [9.17, 15) is 0 Å². The summed E-state index contributed by atoms with van der Waals surface area (Å²) in [5.74, 6) is 0. The van der Waals surface area contributed by atoms with E-state index >= 15 is 0 Å². The summed E-state index contributed by atoms with van der Waals surface area (Å²) in [6, 6.07) is 0. The van der Waals surface area contributed by atoms with Gasteiger partial charge in [-0.05, 0) is 19.3 Å². The number of hydrogen-bond donors (Lipinski definition) is 1. The second kappa shape index (κ2) is 6.37. The van der Waals surface area contributed by atoms with Crippen LogP contribution < -0.4 is 0 Å². The van der Waals surface area contributed by atoms with E-state index in [0.29, 0.717) is 13.2 Å². The normalized spacial score (nSPS) is 24.2. The van der Waals surface area contributed by atoms with Gasteiger partial charge in [0.15, 0.2) is 6.29 Å². The molecule has 0 saturated carbocycles. The van der Waals surface area contributed by atoms with Gasteiger partial charge in [-0.2, -0.15) is 0 Å². The highest BCUT2D eigenvalue weighted by molar-refractivity contribution is 4.53. The molecule has 1 N–H and O–H groups in total. The van der Waals surface area contributed by atoms with E-state index in [2.05, 4.69) is 0 Å². The Labute approximate surface area is 72.4 Å². The Morgan fingerprint density at radius 1 is 1.33 bits per heavy atom. The Bertz CT molecular complexity index is 101.